The minimum absolute atomic E-state index is 0.0258. The maximum Gasteiger partial charge on any atom is 0.315 e. The number of hydrogen-bond acceptors (Lipinski definition) is 3. The van der Waals surface area contributed by atoms with Crippen LogP contribution in [0.15, 0.2) is 0 Å². The van der Waals surface area contributed by atoms with Crippen LogP contribution in [0.5, 0.6) is 0 Å². The Morgan fingerprint density at radius 1 is 1.47 bits per heavy atom. The molecule has 0 aromatic heterocycles. The van der Waals surface area contributed by atoms with E-state index in [2.05, 4.69) is 10.6 Å². The lowest BCUT2D eigenvalue weighted by Crippen LogP contribution is -2.54. The zero-order valence-electron chi connectivity index (χ0n) is 12.0. The Morgan fingerprint density at radius 2 is 2.11 bits per heavy atom. The molecule has 1 aliphatic rings. The van der Waals surface area contributed by atoms with Gasteiger partial charge < -0.3 is 20.5 Å². The van der Waals surface area contributed by atoms with Gasteiger partial charge in [-0.1, -0.05) is 13.8 Å². The quantitative estimate of drug-likeness (QED) is 0.702. The minimum atomic E-state index is -0.890. The van der Waals surface area contributed by atoms with Gasteiger partial charge in [-0.3, -0.25) is 4.79 Å². The number of rotatable bonds is 5. The molecule has 1 fully saturated rings. The Hall–Kier alpha value is -1.30. The Balaban J connectivity index is 2.45. The third kappa shape index (κ3) is 4.09. The van der Waals surface area contributed by atoms with Gasteiger partial charge in [-0.05, 0) is 26.2 Å². The van der Waals surface area contributed by atoms with E-state index in [-0.39, 0.29) is 30.1 Å². The summed E-state index contributed by atoms with van der Waals surface area (Å²) in [5.74, 6) is -1.49. The fourth-order valence-electron chi connectivity index (χ4n) is 2.11. The second-order valence-electron chi connectivity index (χ2n) is 5.70. The molecule has 1 heterocycles. The van der Waals surface area contributed by atoms with Gasteiger partial charge in [0.05, 0.1) is 17.6 Å². The van der Waals surface area contributed by atoms with Gasteiger partial charge in [0.1, 0.15) is 0 Å². The zero-order valence-corrected chi connectivity index (χ0v) is 12.0. The molecule has 0 radical (unpaired) electrons. The van der Waals surface area contributed by atoms with Gasteiger partial charge in [-0.25, -0.2) is 4.79 Å². The molecule has 0 aromatic rings. The minimum Gasteiger partial charge on any atom is -0.481 e. The highest BCUT2D eigenvalue weighted by molar-refractivity contribution is 5.76. The fraction of sp³-hybridized carbons (Fsp3) is 0.846. The number of carboxylic acids is 1. The lowest BCUT2D eigenvalue weighted by atomic mass is 9.94. The number of ether oxygens (including phenoxy) is 1. The van der Waals surface area contributed by atoms with Gasteiger partial charge in [0.25, 0.3) is 0 Å². The molecule has 3 atom stereocenters. The molecule has 1 saturated heterocycles. The SMILES string of the molecule is CC(C)C(CNC(=O)NC1(C)CCOC1C)C(=O)O. The van der Waals surface area contributed by atoms with Crippen molar-refractivity contribution in [1.82, 2.24) is 10.6 Å². The van der Waals surface area contributed by atoms with E-state index in [0.29, 0.717) is 6.61 Å². The van der Waals surface area contributed by atoms with Crippen LogP contribution in [0.4, 0.5) is 4.79 Å². The number of amides is 2. The second-order valence-corrected chi connectivity index (χ2v) is 5.70. The van der Waals surface area contributed by atoms with Crippen LogP contribution >= 0.6 is 0 Å². The van der Waals surface area contributed by atoms with Crippen LogP contribution in [-0.2, 0) is 9.53 Å². The van der Waals surface area contributed by atoms with Crippen LogP contribution in [0, 0.1) is 11.8 Å². The van der Waals surface area contributed by atoms with Crippen LogP contribution in [-0.4, -0.2) is 41.9 Å². The monoisotopic (exact) mass is 272 g/mol. The van der Waals surface area contributed by atoms with Crippen molar-refractivity contribution in [2.45, 2.75) is 45.8 Å². The van der Waals surface area contributed by atoms with Crippen molar-refractivity contribution >= 4 is 12.0 Å². The highest BCUT2D eigenvalue weighted by Crippen LogP contribution is 2.24. The Kier molecular flexibility index (Phi) is 5.17. The topological polar surface area (TPSA) is 87.7 Å². The molecular formula is C13H24N2O4. The average Bonchev–Trinajstić information content (AvgIpc) is 2.57. The Bertz CT molecular complexity index is 346. The average molecular weight is 272 g/mol. The summed E-state index contributed by atoms with van der Waals surface area (Å²) in [6.07, 6.45) is 0.715. The predicted molar refractivity (Wildman–Crippen MR) is 70.9 cm³/mol. The predicted octanol–water partition coefficient (Wildman–Crippen LogP) is 1.21. The van der Waals surface area contributed by atoms with Gasteiger partial charge in [-0.2, -0.15) is 0 Å². The van der Waals surface area contributed by atoms with Crippen LogP contribution in [0.25, 0.3) is 0 Å². The summed E-state index contributed by atoms with van der Waals surface area (Å²) < 4.78 is 5.43. The molecule has 0 aliphatic carbocycles. The number of aliphatic carboxylic acids is 1. The first kappa shape index (κ1) is 15.8. The Morgan fingerprint density at radius 3 is 2.53 bits per heavy atom. The summed E-state index contributed by atoms with van der Waals surface area (Å²) in [5, 5.41) is 14.5. The number of hydrogen-bond donors (Lipinski definition) is 3. The van der Waals surface area contributed by atoms with Crippen LogP contribution in [0.1, 0.15) is 34.1 Å². The fourth-order valence-corrected chi connectivity index (χ4v) is 2.11. The van der Waals surface area contributed by atoms with Crippen molar-refractivity contribution < 1.29 is 19.4 Å². The summed E-state index contributed by atoms with van der Waals surface area (Å²) in [5.41, 5.74) is -0.388. The maximum absolute atomic E-state index is 11.8. The Labute approximate surface area is 113 Å². The highest BCUT2D eigenvalue weighted by atomic mass is 16.5. The van der Waals surface area contributed by atoms with Crippen molar-refractivity contribution in [3.63, 3.8) is 0 Å². The first-order chi connectivity index (χ1) is 8.76. The number of urea groups is 1. The van der Waals surface area contributed by atoms with Crippen molar-refractivity contribution in [3.8, 4) is 0 Å². The molecule has 0 spiro atoms. The largest absolute Gasteiger partial charge is 0.481 e. The summed E-state index contributed by atoms with van der Waals surface area (Å²) in [6.45, 7) is 8.26. The van der Waals surface area contributed by atoms with Gasteiger partial charge in [-0.15, -0.1) is 0 Å². The van der Waals surface area contributed by atoms with E-state index in [1.54, 1.807) is 0 Å². The third-order valence-electron chi connectivity index (χ3n) is 3.89. The van der Waals surface area contributed by atoms with E-state index in [9.17, 15) is 9.59 Å². The molecule has 6 nitrogen and oxygen atoms in total. The zero-order chi connectivity index (χ0) is 14.6. The summed E-state index contributed by atoms with van der Waals surface area (Å²) in [7, 11) is 0. The molecular weight excluding hydrogens is 248 g/mol. The van der Waals surface area contributed by atoms with E-state index in [1.165, 1.54) is 0 Å². The third-order valence-corrected chi connectivity index (χ3v) is 3.89. The number of carboxylic acid groups (broad SMARTS) is 1. The van der Waals surface area contributed by atoms with E-state index < -0.39 is 11.9 Å². The lowest BCUT2D eigenvalue weighted by molar-refractivity contribution is -0.142. The summed E-state index contributed by atoms with van der Waals surface area (Å²) >= 11 is 0. The molecule has 2 amide bonds. The standard InChI is InChI=1S/C13H24N2O4/c1-8(2)10(11(16)17)7-14-12(18)15-13(4)5-6-19-9(13)3/h8-10H,5-7H2,1-4H3,(H,16,17)(H2,14,15,18). The van der Waals surface area contributed by atoms with E-state index >= 15 is 0 Å². The molecule has 0 aromatic carbocycles. The number of carbonyl (C=O) groups is 2. The van der Waals surface area contributed by atoms with Crippen molar-refractivity contribution in [2.75, 3.05) is 13.2 Å². The van der Waals surface area contributed by atoms with Crippen LogP contribution in [0.2, 0.25) is 0 Å². The molecule has 0 saturated carbocycles. The molecule has 1 rings (SSSR count). The van der Waals surface area contributed by atoms with Crippen molar-refractivity contribution in [2.24, 2.45) is 11.8 Å². The van der Waals surface area contributed by atoms with E-state index in [1.807, 2.05) is 27.7 Å². The van der Waals surface area contributed by atoms with Crippen molar-refractivity contribution in [1.29, 1.82) is 0 Å². The second kappa shape index (κ2) is 6.23. The van der Waals surface area contributed by atoms with E-state index in [4.69, 9.17) is 9.84 Å². The molecule has 6 heteroatoms. The van der Waals surface area contributed by atoms with Gasteiger partial charge in [0.15, 0.2) is 0 Å². The number of nitrogens with one attached hydrogen (secondary N) is 2. The first-order valence-electron chi connectivity index (χ1n) is 6.66. The normalized spacial score (nSPS) is 28.2. The molecule has 19 heavy (non-hydrogen) atoms. The van der Waals surface area contributed by atoms with Gasteiger partial charge >= 0.3 is 12.0 Å². The van der Waals surface area contributed by atoms with Crippen molar-refractivity contribution in [3.05, 3.63) is 0 Å². The smallest absolute Gasteiger partial charge is 0.315 e. The van der Waals surface area contributed by atoms with Crippen LogP contribution < -0.4 is 10.6 Å². The maximum atomic E-state index is 11.8. The van der Waals surface area contributed by atoms with Gasteiger partial charge in [0.2, 0.25) is 0 Å². The molecule has 110 valence electrons. The van der Waals surface area contributed by atoms with Gasteiger partial charge in [0, 0.05) is 13.2 Å². The lowest BCUT2D eigenvalue weighted by Gasteiger charge is -2.29. The highest BCUT2D eigenvalue weighted by Gasteiger charge is 2.38. The molecule has 0 bridgehead atoms. The molecule has 3 unspecified atom stereocenters. The summed E-state index contributed by atoms with van der Waals surface area (Å²) in [6, 6.07) is -0.341. The number of carbonyl (C=O) groups excluding carboxylic acids is 1. The van der Waals surface area contributed by atoms with E-state index in [0.717, 1.165) is 6.42 Å². The van der Waals surface area contributed by atoms with Crippen LogP contribution in [0.3, 0.4) is 0 Å². The summed E-state index contributed by atoms with van der Waals surface area (Å²) in [4.78, 5) is 22.9. The molecule has 3 N–H and O–H groups in total. The first-order valence-corrected chi connectivity index (χ1v) is 6.66. The molecule has 1 aliphatic heterocycles.